The van der Waals surface area contributed by atoms with Gasteiger partial charge in [-0.05, 0) is 18.6 Å². The molecule has 1 fully saturated rings. The Bertz CT molecular complexity index is 533. The van der Waals surface area contributed by atoms with Crippen LogP contribution in [0.25, 0.3) is 0 Å². The van der Waals surface area contributed by atoms with Crippen LogP contribution in [-0.4, -0.2) is 31.9 Å². The Morgan fingerprint density at radius 2 is 2.06 bits per heavy atom. The van der Waals surface area contributed by atoms with Gasteiger partial charge in [-0.1, -0.05) is 6.07 Å². The van der Waals surface area contributed by atoms with Crippen molar-refractivity contribution in [3.8, 4) is 0 Å². The number of sulfonamides is 1. The van der Waals surface area contributed by atoms with Gasteiger partial charge < -0.3 is 5.73 Å². The van der Waals surface area contributed by atoms with Gasteiger partial charge in [0.05, 0.1) is 0 Å². The van der Waals surface area contributed by atoms with Crippen LogP contribution in [0.15, 0.2) is 23.1 Å². The van der Waals surface area contributed by atoms with Crippen molar-refractivity contribution < 1.29 is 17.2 Å². The van der Waals surface area contributed by atoms with Gasteiger partial charge in [0.25, 0.3) is 0 Å². The zero-order chi connectivity index (χ0) is 12.6. The first kappa shape index (κ1) is 12.4. The maximum atomic E-state index is 13.4. The molecule has 1 atom stereocenters. The lowest BCUT2D eigenvalue weighted by atomic mass is 10.3. The SMILES string of the molecule is N[C@@H]1CCN(S(=O)(=O)c2cccc(F)c2F)C1. The molecule has 1 aromatic carbocycles. The predicted octanol–water partition coefficient (Wildman–Crippen LogP) is 0.686. The number of hydrogen-bond donors (Lipinski definition) is 1. The largest absolute Gasteiger partial charge is 0.326 e. The second kappa shape index (κ2) is 4.32. The molecule has 1 saturated heterocycles. The second-order valence-electron chi connectivity index (χ2n) is 3.96. The molecule has 7 heteroatoms. The van der Waals surface area contributed by atoms with Gasteiger partial charge in [-0.25, -0.2) is 17.2 Å². The minimum Gasteiger partial charge on any atom is -0.326 e. The predicted molar refractivity (Wildman–Crippen MR) is 57.7 cm³/mol. The highest BCUT2D eigenvalue weighted by molar-refractivity contribution is 7.89. The van der Waals surface area contributed by atoms with Gasteiger partial charge >= 0.3 is 0 Å². The molecule has 0 saturated carbocycles. The summed E-state index contributed by atoms with van der Waals surface area (Å²) in [6, 6.07) is 2.85. The molecular formula is C10H12F2N2O2S. The highest BCUT2D eigenvalue weighted by Gasteiger charge is 2.33. The van der Waals surface area contributed by atoms with E-state index in [0.717, 1.165) is 16.4 Å². The number of halogens is 2. The van der Waals surface area contributed by atoms with Crippen molar-refractivity contribution in [2.75, 3.05) is 13.1 Å². The third kappa shape index (κ3) is 2.18. The summed E-state index contributed by atoms with van der Waals surface area (Å²) in [5.41, 5.74) is 5.59. The number of nitrogens with two attached hydrogens (primary N) is 1. The van der Waals surface area contributed by atoms with Gasteiger partial charge in [0.2, 0.25) is 10.0 Å². The summed E-state index contributed by atoms with van der Waals surface area (Å²) in [4.78, 5) is -0.633. The lowest BCUT2D eigenvalue weighted by Gasteiger charge is -2.16. The van der Waals surface area contributed by atoms with Crippen LogP contribution >= 0.6 is 0 Å². The lowest BCUT2D eigenvalue weighted by molar-refractivity contribution is 0.451. The van der Waals surface area contributed by atoms with Crippen molar-refractivity contribution in [2.24, 2.45) is 5.73 Å². The fraction of sp³-hybridized carbons (Fsp3) is 0.400. The number of benzene rings is 1. The molecule has 1 heterocycles. The van der Waals surface area contributed by atoms with Crippen LogP contribution in [0.2, 0.25) is 0 Å². The first-order chi connectivity index (χ1) is 7.93. The zero-order valence-electron chi connectivity index (χ0n) is 8.94. The van der Waals surface area contributed by atoms with E-state index in [9.17, 15) is 17.2 Å². The van der Waals surface area contributed by atoms with E-state index in [4.69, 9.17) is 5.73 Å². The van der Waals surface area contributed by atoms with E-state index in [-0.39, 0.29) is 19.1 Å². The molecule has 0 spiro atoms. The van der Waals surface area contributed by atoms with Crippen LogP contribution in [0.3, 0.4) is 0 Å². The fourth-order valence-corrected chi connectivity index (χ4v) is 3.38. The Balaban J connectivity index is 2.42. The van der Waals surface area contributed by atoms with Crippen molar-refractivity contribution in [3.63, 3.8) is 0 Å². The van der Waals surface area contributed by atoms with E-state index in [0.29, 0.717) is 6.42 Å². The minimum absolute atomic E-state index is 0.137. The third-order valence-corrected chi connectivity index (χ3v) is 4.60. The van der Waals surface area contributed by atoms with Crippen molar-refractivity contribution in [3.05, 3.63) is 29.8 Å². The van der Waals surface area contributed by atoms with Crippen LogP contribution in [0, 0.1) is 11.6 Å². The van der Waals surface area contributed by atoms with Crippen LogP contribution in [0.1, 0.15) is 6.42 Å². The fourth-order valence-electron chi connectivity index (χ4n) is 1.79. The summed E-state index contributed by atoms with van der Waals surface area (Å²) in [7, 11) is -3.99. The first-order valence-corrected chi connectivity index (χ1v) is 6.56. The third-order valence-electron chi connectivity index (χ3n) is 2.72. The molecular weight excluding hydrogens is 250 g/mol. The standard InChI is InChI=1S/C10H12F2N2O2S/c11-8-2-1-3-9(10(8)12)17(15,16)14-5-4-7(13)6-14/h1-3,7H,4-6,13H2/t7-/m1/s1. The zero-order valence-corrected chi connectivity index (χ0v) is 9.75. The van der Waals surface area contributed by atoms with Crippen LogP contribution < -0.4 is 5.73 Å². The molecule has 17 heavy (non-hydrogen) atoms. The molecule has 1 aromatic rings. The van der Waals surface area contributed by atoms with Crippen LogP contribution in [-0.2, 0) is 10.0 Å². The Hall–Kier alpha value is -1.05. The number of hydrogen-bond acceptors (Lipinski definition) is 3. The summed E-state index contributed by atoms with van der Waals surface area (Å²) in [6.07, 6.45) is 0.524. The van der Waals surface area contributed by atoms with Gasteiger partial charge in [-0.2, -0.15) is 4.31 Å². The van der Waals surface area contributed by atoms with Gasteiger partial charge in [-0.15, -0.1) is 0 Å². The number of rotatable bonds is 2. The summed E-state index contributed by atoms with van der Waals surface area (Å²) in [6.45, 7) is 0.373. The Morgan fingerprint density at radius 3 is 2.65 bits per heavy atom. The Kier molecular flexibility index (Phi) is 3.15. The molecule has 0 unspecified atom stereocenters. The molecule has 0 bridgehead atoms. The molecule has 0 amide bonds. The molecule has 1 aliphatic rings. The average molecular weight is 262 g/mol. The highest BCUT2D eigenvalue weighted by Crippen LogP contribution is 2.23. The van der Waals surface area contributed by atoms with E-state index in [2.05, 4.69) is 0 Å². The van der Waals surface area contributed by atoms with Crippen molar-refractivity contribution in [2.45, 2.75) is 17.4 Å². The van der Waals surface area contributed by atoms with Gasteiger partial charge in [-0.3, -0.25) is 0 Å². The van der Waals surface area contributed by atoms with Gasteiger partial charge in [0.1, 0.15) is 4.90 Å². The molecule has 1 aliphatic heterocycles. The minimum atomic E-state index is -3.99. The normalized spacial score (nSPS) is 21.9. The second-order valence-corrected chi connectivity index (χ2v) is 5.87. The highest BCUT2D eigenvalue weighted by atomic mass is 32.2. The molecule has 0 aromatic heterocycles. The average Bonchev–Trinajstić information content (AvgIpc) is 2.69. The number of nitrogens with zero attached hydrogens (tertiary/aromatic N) is 1. The molecule has 2 N–H and O–H groups in total. The van der Waals surface area contributed by atoms with Crippen molar-refractivity contribution in [1.29, 1.82) is 0 Å². The monoisotopic (exact) mass is 262 g/mol. The Labute approximate surface area is 98.1 Å². The quantitative estimate of drug-likeness (QED) is 0.852. The lowest BCUT2D eigenvalue weighted by Crippen LogP contribution is -2.32. The molecule has 0 radical (unpaired) electrons. The van der Waals surface area contributed by atoms with Gasteiger partial charge in [0.15, 0.2) is 11.6 Å². The molecule has 0 aliphatic carbocycles. The van der Waals surface area contributed by atoms with Crippen LogP contribution in [0.5, 0.6) is 0 Å². The topological polar surface area (TPSA) is 63.4 Å². The van der Waals surface area contributed by atoms with E-state index < -0.39 is 26.6 Å². The smallest absolute Gasteiger partial charge is 0.246 e. The van der Waals surface area contributed by atoms with Crippen molar-refractivity contribution >= 4 is 10.0 Å². The Morgan fingerprint density at radius 1 is 1.35 bits per heavy atom. The van der Waals surface area contributed by atoms with E-state index >= 15 is 0 Å². The molecule has 4 nitrogen and oxygen atoms in total. The summed E-state index contributed by atoms with van der Waals surface area (Å²) in [5, 5.41) is 0. The first-order valence-electron chi connectivity index (χ1n) is 5.12. The molecule has 94 valence electrons. The summed E-state index contributed by atoms with van der Waals surface area (Å²) >= 11 is 0. The summed E-state index contributed by atoms with van der Waals surface area (Å²) in [5.74, 6) is -2.51. The van der Waals surface area contributed by atoms with E-state index in [1.54, 1.807) is 0 Å². The van der Waals surface area contributed by atoms with Gasteiger partial charge in [0, 0.05) is 19.1 Å². The van der Waals surface area contributed by atoms with Crippen molar-refractivity contribution in [1.82, 2.24) is 4.31 Å². The maximum Gasteiger partial charge on any atom is 0.246 e. The van der Waals surface area contributed by atoms with Crippen LogP contribution in [0.4, 0.5) is 8.78 Å². The van der Waals surface area contributed by atoms with E-state index in [1.807, 2.05) is 0 Å². The molecule has 2 rings (SSSR count). The summed E-state index contributed by atoms with van der Waals surface area (Å²) < 4.78 is 51.5. The maximum absolute atomic E-state index is 13.4. The van der Waals surface area contributed by atoms with E-state index in [1.165, 1.54) is 6.07 Å².